The van der Waals surface area contributed by atoms with Crippen LogP contribution in [0.5, 0.6) is 0 Å². The van der Waals surface area contributed by atoms with Crippen LogP contribution >= 0.6 is 0 Å². The van der Waals surface area contributed by atoms with Gasteiger partial charge in [-0.2, -0.15) is 0 Å². The fourth-order valence-corrected chi connectivity index (χ4v) is 1.96. The first-order valence-electron chi connectivity index (χ1n) is 6.07. The number of carbonyl (C=O) groups is 1. The topological polar surface area (TPSA) is 62.2 Å². The Bertz CT molecular complexity index is 402. The van der Waals surface area contributed by atoms with Crippen molar-refractivity contribution in [2.24, 2.45) is 11.8 Å². The molecule has 4 nitrogen and oxygen atoms in total. The zero-order valence-electron chi connectivity index (χ0n) is 10.0. The number of pyridine rings is 1. The van der Waals surface area contributed by atoms with Gasteiger partial charge in [-0.1, -0.05) is 13.0 Å². The number of nitrogens with zero attached hydrogens (tertiary/aromatic N) is 1. The van der Waals surface area contributed by atoms with Crippen LogP contribution in [0.3, 0.4) is 0 Å². The predicted octanol–water partition coefficient (Wildman–Crippen LogP) is 1.92. The Morgan fingerprint density at radius 3 is 3.00 bits per heavy atom. The minimum absolute atomic E-state index is 0.111. The van der Waals surface area contributed by atoms with Gasteiger partial charge in [-0.3, -0.25) is 0 Å². The average molecular weight is 234 g/mol. The highest BCUT2D eigenvalue weighted by molar-refractivity contribution is 5.85. The summed E-state index contributed by atoms with van der Waals surface area (Å²) in [6, 6.07) is 5.09. The van der Waals surface area contributed by atoms with E-state index in [1.165, 1.54) is 18.9 Å². The Hall–Kier alpha value is -1.42. The highest BCUT2D eigenvalue weighted by Gasteiger charge is 2.27. The van der Waals surface area contributed by atoms with Gasteiger partial charge in [0.25, 0.3) is 0 Å². The summed E-state index contributed by atoms with van der Waals surface area (Å²) in [5.41, 5.74) is 0.896. The van der Waals surface area contributed by atoms with E-state index < -0.39 is 5.97 Å². The molecule has 0 spiro atoms. The molecule has 0 saturated heterocycles. The highest BCUT2D eigenvalue weighted by atomic mass is 16.4. The quantitative estimate of drug-likeness (QED) is 0.789. The van der Waals surface area contributed by atoms with Gasteiger partial charge in [0.2, 0.25) is 0 Å². The van der Waals surface area contributed by atoms with Crippen molar-refractivity contribution in [3.63, 3.8) is 0 Å². The molecule has 4 heteroatoms. The summed E-state index contributed by atoms with van der Waals surface area (Å²) >= 11 is 0. The molecular weight excluding hydrogens is 216 g/mol. The Balaban J connectivity index is 1.81. The summed E-state index contributed by atoms with van der Waals surface area (Å²) in [7, 11) is 0. The van der Waals surface area contributed by atoms with Gasteiger partial charge in [-0.15, -0.1) is 0 Å². The van der Waals surface area contributed by atoms with Crippen molar-refractivity contribution < 1.29 is 9.90 Å². The van der Waals surface area contributed by atoms with Crippen molar-refractivity contribution in [2.75, 3.05) is 6.54 Å². The van der Waals surface area contributed by atoms with Gasteiger partial charge < -0.3 is 10.4 Å². The molecular formula is C13H18N2O2. The fourth-order valence-electron chi connectivity index (χ4n) is 1.96. The summed E-state index contributed by atoms with van der Waals surface area (Å²) in [5.74, 6) is 0.622. The molecule has 0 radical (unpaired) electrons. The number of nitrogens with one attached hydrogen (secondary N) is 1. The zero-order valence-corrected chi connectivity index (χ0v) is 10.0. The van der Waals surface area contributed by atoms with E-state index in [0.717, 1.165) is 18.2 Å². The largest absolute Gasteiger partial charge is 0.477 e. The monoisotopic (exact) mass is 234 g/mol. The second kappa shape index (κ2) is 5.27. The van der Waals surface area contributed by atoms with Crippen LogP contribution in [0.1, 0.15) is 35.9 Å². The molecule has 1 atom stereocenters. The molecule has 1 aromatic heterocycles. The lowest BCUT2D eigenvalue weighted by Gasteiger charge is -2.11. The maximum absolute atomic E-state index is 10.7. The smallest absolute Gasteiger partial charge is 0.354 e. The van der Waals surface area contributed by atoms with Gasteiger partial charge in [0.05, 0.1) is 5.69 Å². The number of carboxylic acid groups (broad SMARTS) is 1. The lowest BCUT2D eigenvalue weighted by Crippen LogP contribution is -2.22. The third kappa shape index (κ3) is 3.53. The lowest BCUT2D eigenvalue weighted by atomic mass is 10.1. The molecule has 1 saturated carbocycles. The zero-order chi connectivity index (χ0) is 12.3. The second-order valence-corrected chi connectivity index (χ2v) is 4.76. The van der Waals surface area contributed by atoms with E-state index in [2.05, 4.69) is 17.2 Å². The van der Waals surface area contributed by atoms with Gasteiger partial charge in [0, 0.05) is 6.54 Å². The van der Waals surface area contributed by atoms with Gasteiger partial charge in [0.15, 0.2) is 0 Å². The fraction of sp³-hybridized carbons (Fsp3) is 0.538. The molecule has 0 bridgehead atoms. The molecule has 92 valence electrons. The van der Waals surface area contributed by atoms with Crippen LogP contribution in [-0.2, 0) is 6.54 Å². The second-order valence-electron chi connectivity index (χ2n) is 4.76. The van der Waals surface area contributed by atoms with Crippen LogP contribution in [0.2, 0.25) is 0 Å². The van der Waals surface area contributed by atoms with Crippen molar-refractivity contribution in [3.8, 4) is 0 Å². The number of hydrogen-bond acceptors (Lipinski definition) is 3. The van der Waals surface area contributed by atoms with E-state index in [1.807, 2.05) is 6.07 Å². The molecule has 1 aliphatic carbocycles. The van der Waals surface area contributed by atoms with Crippen LogP contribution in [0.4, 0.5) is 0 Å². The molecule has 2 rings (SSSR count). The maximum atomic E-state index is 10.7. The summed E-state index contributed by atoms with van der Waals surface area (Å²) < 4.78 is 0. The highest BCUT2D eigenvalue weighted by Crippen LogP contribution is 2.36. The Kier molecular flexibility index (Phi) is 3.74. The van der Waals surface area contributed by atoms with Crippen molar-refractivity contribution >= 4 is 5.97 Å². The SMILES string of the molecule is CC(CNCc1cccc(C(=O)O)n1)C1CC1. The van der Waals surface area contributed by atoms with Crippen molar-refractivity contribution in [1.29, 1.82) is 0 Å². The van der Waals surface area contributed by atoms with Crippen LogP contribution in [0, 0.1) is 11.8 Å². The van der Waals surface area contributed by atoms with Crippen LogP contribution in [0.25, 0.3) is 0 Å². The third-order valence-corrected chi connectivity index (χ3v) is 3.23. The summed E-state index contributed by atoms with van der Waals surface area (Å²) in [5, 5.41) is 12.2. The lowest BCUT2D eigenvalue weighted by molar-refractivity contribution is 0.0690. The van der Waals surface area contributed by atoms with Gasteiger partial charge in [-0.05, 0) is 43.4 Å². The molecule has 17 heavy (non-hydrogen) atoms. The van der Waals surface area contributed by atoms with Crippen LogP contribution in [0.15, 0.2) is 18.2 Å². The Labute approximate surface area is 101 Å². The first-order valence-corrected chi connectivity index (χ1v) is 6.07. The molecule has 2 N–H and O–H groups in total. The van der Waals surface area contributed by atoms with Crippen LogP contribution in [-0.4, -0.2) is 22.6 Å². The minimum Gasteiger partial charge on any atom is -0.477 e. The summed E-state index contributed by atoms with van der Waals surface area (Å²) in [6.07, 6.45) is 2.71. The van der Waals surface area contributed by atoms with E-state index in [-0.39, 0.29) is 5.69 Å². The van der Waals surface area contributed by atoms with Crippen molar-refractivity contribution in [3.05, 3.63) is 29.6 Å². The normalized spacial score (nSPS) is 16.8. The van der Waals surface area contributed by atoms with Gasteiger partial charge >= 0.3 is 5.97 Å². The molecule has 0 aliphatic heterocycles. The molecule has 1 heterocycles. The molecule has 1 fully saturated rings. The van der Waals surface area contributed by atoms with Crippen molar-refractivity contribution in [1.82, 2.24) is 10.3 Å². The summed E-state index contributed by atoms with van der Waals surface area (Å²) in [6.45, 7) is 3.87. The van der Waals surface area contributed by atoms with Gasteiger partial charge in [-0.25, -0.2) is 9.78 Å². The first-order chi connectivity index (χ1) is 8.16. The average Bonchev–Trinajstić information content (AvgIpc) is 3.13. The summed E-state index contributed by atoms with van der Waals surface area (Å²) in [4.78, 5) is 14.8. The first kappa shape index (κ1) is 12.0. The number of hydrogen-bond donors (Lipinski definition) is 2. The van der Waals surface area contributed by atoms with E-state index in [9.17, 15) is 4.79 Å². The van der Waals surface area contributed by atoms with Gasteiger partial charge in [0.1, 0.15) is 5.69 Å². The van der Waals surface area contributed by atoms with Crippen LogP contribution < -0.4 is 5.32 Å². The number of aromatic nitrogens is 1. The number of rotatable bonds is 6. The molecule has 0 amide bonds. The molecule has 1 aliphatic rings. The molecule has 0 aromatic carbocycles. The standard InChI is InChI=1S/C13H18N2O2/c1-9(10-5-6-10)7-14-8-11-3-2-4-12(15-11)13(16)17/h2-4,9-10,14H,5-8H2,1H3,(H,16,17). The molecule has 1 unspecified atom stereocenters. The maximum Gasteiger partial charge on any atom is 0.354 e. The number of carboxylic acids is 1. The van der Waals surface area contributed by atoms with E-state index in [4.69, 9.17) is 5.11 Å². The molecule has 1 aromatic rings. The Morgan fingerprint density at radius 2 is 2.35 bits per heavy atom. The number of aromatic carboxylic acids is 1. The minimum atomic E-state index is -0.974. The van der Waals surface area contributed by atoms with Crippen molar-refractivity contribution in [2.45, 2.75) is 26.3 Å². The van der Waals surface area contributed by atoms with E-state index in [0.29, 0.717) is 12.5 Å². The van der Waals surface area contributed by atoms with E-state index in [1.54, 1.807) is 6.07 Å². The van der Waals surface area contributed by atoms with E-state index >= 15 is 0 Å². The predicted molar refractivity (Wildman–Crippen MR) is 64.8 cm³/mol. The Morgan fingerprint density at radius 1 is 1.59 bits per heavy atom. The third-order valence-electron chi connectivity index (χ3n) is 3.23.